The van der Waals surface area contributed by atoms with Crippen LogP contribution in [0, 0.1) is 17.5 Å². The van der Waals surface area contributed by atoms with E-state index in [2.05, 4.69) is 17.6 Å². The van der Waals surface area contributed by atoms with Crippen LogP contribution in [0.1, 0.15) is 18.4 Å². The Morgan fingerprint density at radius 2 is 1.87 bits per heavy atom. The number of aliphatic hydroxyl groups excluding tert-OH is 1. The molecule has 4 nitrogen and oxygen atoms in total. The number of halogens is 3. The predicted octanol–water partition coefficient (Wildman–Crippen LogP) is 4.69. The maximum absolute atomic E-state index is 14.3. The van der Waals surface area contributed by atoms with Gasteiger partial charge >= 0.3 is 5.97 Å². The number of cyclic esters (lactones) is 1. The molecule has 1 fully saturated rings. The van der Waals surface area contributed by atoms with Crippen LogP contribution >= 0.6 is 12.6 Å². The molecule has 4 rings (SSSR count). The van der Waals surface area contributed by atoms with E-state index >= 15 is 0 Å². The van der Waals surface area contributed by atoms with Gasteiger partial charge in [-0.3, -0.25) is 4.79 Å². The van der Waals surface area contributed by atoms with Crippen molar-refractivity contribution in [3.63, 3.8) is 0 Å². The molecule has 1 aliphatic heterocycles. The average Bonchev–Trinajstić information content (AvgIpc) is 2.70. The fourth-order valence-corrected chi connectivity index (χ4v) is 3.50. The zero-order valence-corrected chi connectivity index (χ0v) is 16.4. The SMILES string of the molecule is O=C1C[C@H](O)C[C@@H](C=Cc2cc3cc(F)c(F)c(F)c3nc2-c2ccc(S)cc2)O1. The van der Waals surface area contributed by atoms with Crippen molar-refractivity contribution in [1.29, 1.82) is 0 Å². The second-order valence-corrected chi connectivity index (χ2v) is 7.53. The summed E-state index contributed by atoms with van der Waals surface area (Å²) in [5.74, 6) is -4.77. The Bertz CT molecular complexity index is 1160. The van der Waals surface area contributed by atoms with Crippen LogP contribution in [0.3, 0.4) is 0 Å². The summed E-state index contributed by atoms with van der Waals surface area (Å²) in [5.41, 5.74) is 1.13. The van der Waals surface area contributed by atoms with Crippen LogP contribution < -0.4 is 0 Å². The van der Waals surface area contributed by atoms with Crippen molar-refractivity contribution >= 4 is 35.6 Å². The van der Waals surface area contributed by atoms with Crippen molar-refractivity contribution in [2.45, 2.75) is 29.9 Å². The van der Waals surface area contributed by atoms with Crippen molar-refractivity contribution in [3.05, 3.63) is 65.5 Å². The summed E-state index contributed by atoms with van der Waals surface area (Å²) in [5, 5.41) is 9.85. The summed E-state index contributed by atoms with van der Waals surface area (Å²) >= 11 is 4.24. The molecule has 30 heavy (non-hydrogen) atoms. The van der Waals surface area contributed by atoms with Crippen molar-refractivity contribution in [1.82, 2.24) is 4.98 Å². The third-order valence-corrected chi connectivity index (χ3v) is 5.09. The van der Waals surface area contributed by atoms with Crippen molar-refractivity contribution in [3.8, 4) is 11.3 Å². The fourth-order valence-electron chi connectivity index (χ4n) is 3.36. The summed E-state index contributed by atoms with van der Waals surface area (Å²) in [6.45, 7) is 0. The quantitative estimate of drug-likeness (QED) is 0.359. The molecule has 2 heterocycles. The highest BCUT2D eigenvalue weighted by molar-refractivity contribution is 7.80. The number of carbonyl (C=O) groups excluding carboxylic acids is 1. The minimum atomic E-state index is -1.59. The number of aromatic nitrogens is 1. The standard InChI is InChI=1S/C22H16F3NO3S/c23-17-8-13-7-12(1-4-15-9-14(27)10-18(28)29-15)21(11-2-5-16(30)6-3-11)26-22(13)20(25)19(17)24/h1-8,14-15,27,30H,9-10H2/t14-,15-/m1/s1. The molecule has 0 spiro atoms. The third kappa shape index (κ3) is 4.06. The lowest BCUT2D eigenvalue weighted by Gasteiger charge is -2.23. The Kier molecular flexibility index (Phi) is 5.53. The van der Waals surface area contributed by atoms with Gasteiger partial charge in [0, 0.05) is 27.8 Å². The molecule has 0 saturated carbocycles. The van der Waals surface area contributed by atoms with Gasteiger partial charge in [-0.15, -0.1) is 12.6 Å². The number of esters is 1. The number of benzene rings is 2. The second kappa shape index (κ2) is 8.12. The summed E-state index contributed by atoms with van der Waals surface area (Å²) < 4.78 is 47.0. The first-order valence-corrected chi connectivity index (χ1v) is 9.60. The highest BCUT2D eigenvalue weighted by atomic mass is 32.1. The number of aliphatic hydroxyl groups is 1. The number of fused-ring (bicyclic) bond motifs is 1. The second-order valence-electron chi connectivity index (χ2n) is 7.01. The lowest BCUT2D eigenvalue weighted by molar-refractivity contribution is -0.156. The molecular weight excluding hydrogens is 415 g/mol. The minimum absolute atomic E-state index is 0.0622. The van der Waals surface area contributed by atoms with E-state index in [4.69, 9.17) is 4.74 Å². The number of hydrogen-bond donors (Lipinski definition) is 2. The Balaban J connectivity index is 1.84. The van der Waals surface area contributed by atoms with Gasteiger partial charge in [-0.25, -0.2) is 18.2 Å². The zero-order chi connectivity index (χ0) is 21.4. The molecule has 0 bridgehead atoms. The van der Waals surface area contributed by atoms with Gasteiger partial charge in [0.1, 0.15) is 11.6 Å². The molecule has 0 unspecified atom stereocenters. The molecule has 2 aromatic carbocycles. The van der Waals surface area contributed by atoms with Gasteiger partial charge in [0.05, 0.1) is 18.2 Å². The zero-order valence-electron chi connectivity index (χ0n) is 15.5. The van der Waals surface area contributed by atoms with Crippen LogP contribution in [0.5, 0.6) is 0 Å². The molecule has 3 aromatic rings. The lowest BCUT2D eigenvalue weighted by atomic mass is 10.0. The number of thiol groups is 1. The molecule has 0 aliphatic carbocycles. The number of rotatable bonds is 3. The molecule has 1 N–H and O–H groups in total. The Morgan fingerprint density at radius 3 is 2.57 bits per heavy atom. The van der Waals surface area contributed by atoms with Gasteiger partial charge in [0.25, 0.3) is 0 Å². The Hall–Kier alpha value is -2.84. The predicted molar refractivity (Wildman–Crippen MR) is 108 cm³/mol. The molecule has 1 aromatic heterocycles. The molecule has 2 atom stereocenters. The van der Waals surface area contributed by atoms with Gasteiger partial charge in [-0.05, 0) is 30.3 Å². The first-order chi connectivity index (χ1) is 14.3. The average molecular weight is 431 g/mol. The molecule has 1 saturated heterocycles. The van der Waals surface area contributed by atoms with Crippen LogP contribution in [0.4, 0.5) is 13.2 Å². The summed E-state index contributed by atoms with van der Waals surface area (Å²) in [6.07, 6.45) is 1.91. The number of hydrogen-bond acceptors (Lipinski definition) is 5. The van der Waals surface area contributed by atoms with Crippen LogP contribution in [0.25, 0.3) is 28.2 Å². The monoisotopic (exact) mass is 431 g/mol. The summed E-state index contributed by atoms with van der Waals surface area (Å²) in [6, 6.07) is 9.24. The van der Waals surface area contributed by atoms with Crippen molar-refractivity contribution in [2.24, 2.45) is 0 Å². The highest BCUT2D eigenvalue weighted by Gasteiger charge is 2.25. The smallest absolute Gasteiger partial charge is 0.309 e. The maximum atomic E-state index is 14.3. The van der Waals surface area contributed by atoms with E-state index in [1.54, 1.807) is 36.4 Å². The van der Waals surface area contributed by atoms with E-state index in [1.165, 1.54) is 6.07 Å². The molecule has 0 amide bonds. The third-order valence-electron chi connectivity index (χ3n) is 4.79. The number of carbonyl (C=O) groups is 1. The van der Waals surface area contributed by atoms with Gasteiger partial charge in [0.15, 0.2) is 17.5 Å². The van der Waals surface area contributed by atoms with E-state index in [0.717, 1.165) is 6.07 Å². The van der Waals surface area contributed by atoms with E-state index in [0.29, 0.717) is 21.7 Å². The van der Waals surface area contributed by atoms with E-state index in [-0.39, 0.29) is 23.7 Å². The number of pyridine rings is 1. The molecule has 8 heteroatoms. The highest BCUT2D eigenvalue weighted by Crippen LogP contribution is 2.31. The van der Waals surface area contributed by atoms with E-state index in [9.17, 15) is 23.1 Å². The molecule has 1 aliphatic rings. The summed E-state index contributed by atoms with van der Waals surface area (Å²) in [7, 11) is 0. The van der Waals surface area contributed by atoms with Crippen LogP contribution in [-0.4, -0.2) is 28.3 Å². The normalized spacial score (nSPS) is 19.4. The molecular formula is C22H16F3NO3S. The van der Waals surface area contributed by atoms with Crippen LogP contribution in [-0.2, 0) is 9.53 Å². The lowest BCUT2D eigenvalue weighted by Crippen LogP contribution is -2.31. The van der Waals surface area contributed by atoms with Crippen molar-refractivity contribution in [2.75, 3.05) is 0 Å². The van der Waals surface area contributed by atoms with Gasteiger partial charge < -0.3 is 9.84 Å². The maximum Gasteiger partial charge on any atom is 0.309 e. The van der Waals surface area contributed by atoms with Crippen LogP contribution in [0.2, 0.25) is 0 Å². The molecule has 0 radical (unpaired) electrons. The van der Waals surface area contributed by atoms with Gasteiger partial charge in [-0.2, -0.15) is 0 Å². The molecule has 154 valence electrons. The van der Waals surface area contributed by atoms with Gasteiger partial charge in [0.2, 0.25) is 0 Å². The van der Waals surface area contributed by atoms with E-state index < -0.39 is 35.6 Å². The van der Waals surface area contributed by atoms with Crippen molar-refractivity contribution < 1.29 is 27.8 Å². The summed E-state index contributed by atoms with van der Waals surface area (Å²) in [4.78, 5) is 16.5. The largest absolute Gasteiger partial charge is 0.458 e. The van der Waals surface area contributed by atoms with Crippen LogP contribution in [0.15, 0.2) is 47.4 Å². The van der Waals surface area contributed by atoms with Gasteiger partial charge in [-0.1, -0.05) is 18.2 Å². The van der Waals surface area contributed by atoms with E-state index in [1.807, 2.05) is 0 Å². The Labute approximate surface area is 175 Å². The first-order valence-electron chi connectivity index (χ1n) is 9.15. The minimum Gasteiger partial charge on any atom is -0.458 e. The fraction of sp³-hybridized carbons (Fsp3) is 0.182. The number of ether oxygens (including phenoxy) is 1. The first kappa shape index (κ1) is 20.4. The Morgan fingerprint density at radius 1 is 1.13 bits per heavy atom. The topological polar surface area (TPSA) is 59.4 Å². The number of nitrogens with zero attached hydrogens (tertiary/aromatic N) is 1.